The number of amides is 1. The first-order chi connectivity index (χ1) is 8.18. The van der Waals surface area contributed by atoms with Crippen molar-refractivity contribution in [1.29, 1.82) is 0 Å². The molecule has 0 atom stereocenters. The third-order valence-electron chi connectivity index (χ3n) is 2.46. The molecule has 0 aliphatic rings. The van der Waals surface area contributed by atoms with Crippen molar-refractivity contribution in [3.8, 4) is 0 Å². The highest BCUT2D eigenvalue weighted by molar-refractivity contribution is 6.31. The SMILES string of the molecule is CN(C(=O)c1cccc(Cl)c1)c1cc[c]cc1. The van der Waals surface area contributed by atoms with Gasteiger partial charge in [-0.15, -0.1) is 0 Å². The molecule has 0 N–H and O–H groups in total. The zero-order valence-electron chi connectivity index (χ0n) is 9.35. The van der Waals surface area contributed by atoms with E-state index in [4.69, 9.17) is 11.6 Å². The number of rotatable bonds is 2. The Labute approximate surface area is 105 Å². The van der Waals surface area contributed by atoms with Gasteiger partial charge in [0.05, 0.1) is 0 Å². The fourth-order valence-electron chi connectivity index (χ4n) is 1.53. The van der Waals surface area contributed by atoms with Crippen LogP contribution >= 0.6 is 11.6 Å². The molecule has 0 aliphatic heterocycles. The Kier molecular flexibility index (Phi) is 3.45. The number of benzene rings is 2. The Morgan fingerprint density at radius 2 is 1.94 bits per heavy atom. The van der Waals surface area contributed by atoms with Crippen LogP contribution in [0.15, 0.2) is 48.5 Å². The average molecular weight is 245 g/mol. The standard InChI is InChI=1S/C14H11ClNO/c1-16(13-8-3-2-4-9-13)14(17)11-6-5-7-12(15)10-11/h3-10H,1H3. The Balaban J connectivity index is 2.27. The van der Waals surface area contributed by atoms with Crippen molar-refractivity contribution in [1.82, 2.24) is 0 Å². The van der Waals surface area contributed by atoms with Crippen LogP contribution in [0.2, 0.25) is 5.02 Å². The van der Waals surface area contributed by atoms with Gasteiger partial charge in [-0.2, -0.15) is 0 Å². The van der Waals surface area contributed by atoms with Crippen LogP contribution < -0.4 is 4.90 Å². The lowest BCUT2D eigenvalue weighted by molar-refractivity contribution is 0.0993. The molecule has 0 unspecified atom stereocenters. The Bertz CT molecular complexity index is 525. The van der Waals surface area contributed by atoms with Crippen LogP contribution in [-0.2, 0) is 0 Å². The van der Waals surface area contributed by atoms with E-state index < -0.39 is 0 Å². The van der Waals surface area contributed by atoms with Crippen LogP contribution in [-0.4, -0.2) is 13.0 Å². The molecular weight excluding hydrogens is 234 g/mol. The Morgan fingerprint density at radius 1 is 1.24 bits per heavy atom. The second-order valence-electron chi connectivity index (χ2n) is 3.63. The first kappa shape index (κ1) is 11.7. The summed E-state index contributed by atoms with van der Waals surface area (Å²) in [6.07, 6.45) is 0. The van der Waals surface area contributed by atoms with Gasteiger partial charge in [0.1, 0.15) is 0 Å². The molecule has 0 aromatic heterocycles. The van der Waals surface area contributed by atoms with Gasteiger partial charge >= 0.3 is 0 Å². The van der Waals surface area contributed by atoms with Crippen LogP contribution in [0.25, 0.3) is 0 Å². The highest BCUT2D eigenvalue weighted by atomic mass is 35.5. The molecule has 0 saturated heterocycles. The molecular formula is C14H11ClNO. The first-order valence-corrected chi connectivity index (χ1v) is 5.56. The summed E-state index contributed by atoms with van der Waals surface area (Å²) in [5.74, 6) is -0.0845. The van der Waals surface area contributed by atoms with Gasteiger partial charge in [-0.1, -0.05) is 29.8 Å². The molecule has 2 aromatic carbocycles. The maximum absolute atomic E-state index is 12.2. The van der Waals surface area contributed by atoms with Gasteiger partial charge in [-0.3, -0.25) is 4.79 Å². The summed E-state index contributed by atoms with van der Waals surface area (Å²) >= 11 is 5.86. The highest BCUT2D eigenvalue weighted by Crippen LogP contribution is 2.17. The van der Waals surface area contributed by atoms with E-state index in [1.807, 2.05) is 12.1 Å². The Morgan fingerprint density at radius 3 is 2.59 bits per heavy atom. The van der Waals surface area contributed by atoms with Gasteiger partial charge in [0.15, 0.2) is 0 Å². The van der Waals surface area contributed by atoms with Gasteiger partial charge in [0.25, 0.3) is 5.91 Å². The van der Waals surface area contributed by atoms with Crippen molar-refractivity contribution < 1.29 is 4.79 Å². The minimum Gasteiger partial charge on any atom is -0.311 e. The quantitative estimate of drug-likeness (QED) is 0.793. The normalized spacial score (nSPS) is 10.0. The summed E-state index contributed by atoms with van der Waals surface area (Å²) < 4.78 is 0. The van der Waals surface area contributed by atoms with E-state index in [0.717, 1.165) is 5.69 Å². The molecule has 0 bridgehead atoms. The third-order valence-corrected chi connectivity index (χ3v) is 2.70. The molecule has 1 radical (unpaired) electrons. The van der Waals surface area contributed by atoms with Crippen LogP contribution in [0.1, 0.15) is 10.4 Å². The fraction of sp³-hybridized carbons (Fsp3) is 0.0714. The molecule has 2 rings (SSSR count). The number of halogens is 1. The van der Waals surface area contributed by atoms with Crippen molar-refractivity contribution in [2.45, 2.75) is 0 Å². The van der Waals surface area contributed by atoms with Crippen LogP contribution in [0.4, 0.5) is 5.69 Å². The molecule has 3 heteroatoms. The topological polar surface area (TPSA) is 20.3 Å². The summed E-state index contributed by atoms with van der Waals surface area (Å²) in [5, 5.41) is 0.561. The van der Waals surface area contributed by atoms with E-state index >= 15 is 0 Å². The van der Waals surface area contributed by atoms with E-state index in [2.05, 4.69) is 6.07 Å². The number of hydrogen-bond donors (Lipinski definition) is 0. The zero-order valence-corrected chi connectivity index (χ0v) is 10.1. The van der Waals surface area contributed by atoms with Crippen molar-refractivity contribution in [2.24, 2.45) is 0 Å². The lowest BCUT2D eigenvalue weighted by Crippen LogP contribution is -2.26. The van der Waals surface area contributed by atoms with Crippen molar-refractivity contribution >= 4 is 23.2 Å². The van der Waals surface area contributed by atoms with E-state index in [9.17, 15) is 4.79 Å². The van der Waals surface area contributed by atoms with Crippen LogP contribution in [0.5, 0.6) is 0 Å². The maximum Gasteiger partial charge on any atom is 0.258 e. The van der Waals surface area contributed by atoms with Gasteiger partial charge in [0, 0.05) is 23.3 Å². The van der Waals surface area contributed by atoms with E-state index in [-0.39, 0.29) is 5.91 Å². The molecule has 17 heavy (non-hydrogen) atoms. The molecule has 2 aromatic rings. The summed E-state index contributed by atoms with van der Waals surface area (Å²) in [4.78, 5) is 13.7. The molecule has 85 valence electrons. The van der Waals surface area contributed by atoms with Crippen molar-refractivity contribution in [3.63, 3.8) is 0 Å². The number of carbonyl (C=O) groups is 1. The highest BCUT2D eigenvalue weighted by Gasteiger charge is 2.12. The number of anilines is 1. The number of hydrogen-bond acceptors (Lipinski definition) is 1. The fourth-order valence-corrected chi connectivity index (χ4v) is 1.72. The zero-order chi connectivity index (χ0) is 12.3. The van der Waals surface area contributed by atoms with Crippen LogP contribution in [0, 0.1) is 6.07 Å². The summed E-state index contributed by atoms with van der Waals surface area (Å²) in [6, 6.07) is 17.1. The lowest BCUT2D eigenvalue weighted by atomic mass is 10.2. The number of nitrogens with zero attached hydrogens (tertiary/aromatic N) is 1. The smallest absolute Gasteiger partial charge is 0.258 e. The molecule has 0 aliphatic carbocycles. The molecule has 1 amide bonds. The van der Waals surface area contributed by atoms with E-state index in [1.54, 1.807) is 48.3 Å². The van der Waals surface area contributed by atoms with Gasteiger partial charge in [-0.05, 0) is 36.4 Å². The summed E-state index contributed by atoms with van der Waals surface area (Å²) in [6.45, 7) is 0. The second-order valence-corrected chi connectivity index (χ2v) is 4.07. The van der Waals surface area contributed by atoms with E-state index in [0.29, 0.717) is 10.6 Å². The average Bonchev–Trinajstić information content (AvgIpc) is 2.38. The minimum absolute atomic E-state index is 0.0845. The predicted molar refractivity (Wildman–Crippen MR) is 69.5 cm³/mol. The first-order valence-electron chi connectivity index (χ1n) is 5.18. The molecule has 2 nitrogen and oxygen atoms in total. The molecule has 0 heterocycles. The van der Waals surface area contributed by atoms with Gasteiger partial charge < -0.3 is 4.90 Å². The molecule has 0 spiro atoms. The Hall–Kier alpha value is -1.80. The van der Waals surface area contributed by atoms with Gasteiger partial charge in [-0.25, -0.2) is 0 Å². The van der Waals surface area contributed by atoms with Crippen LogP contribution in [0.3, 0.4) is 0 Å². The molecule has 0 fully saturated rings. The minimum atomic E-state index is -0.0845. The van der Waals surface area contributed by atoms with Gasteiger partial charge in [0.2, 0.25) is 0 Å². The van der Waals surface area contributed by atoms with Crippen molar-refractivity contribution in [2.75, 3.05) is 11.9 Å². The summed E-state index contributed by atoms with van der Waals surface area (Å²) in [7, 11) is 1.73. The van der Waals surface area contributed by atoms with Crippen molar-refractivity contribution in [3.05, 3.63) is 65.2 Å². The maximum atomic E-state index is 12.2. The third kappa shape index (κ3) is 2.66. The summed E-state index contributed by atoms with van der Waals surface area (Å²) in [5.41, 5.74) is 1.40. The lowest BCUT2D eigenvalue weighted by Gasteiger charge is -2.17. The monoisotopic (exact) mass is 244 g/mol. The van der Waals surface area contributed by atoms with E-state index in [1.165, 1.54) is 0 Å². The predicted octanol–water partition coefficient (Wildman–Crippen LogP) is 3.42. The largest absolute Gasteiger partial charge is 0.311 e. The second kappa shape index (κ2) is 5.02. The molecule has 0 saturated carbocycles. The number of carbonyl (C=O) groups excluding carboxylic acids is 1.